The molecule has 0 bridgehead atoms. The second-order valence-corrected chi connectivity index (χ2v) is 4.56. The second-order valence-electron chi connectivity index (χ2n) is 3.64. The fourth-order valence-electron chi connectivity index (χ4n) is 1.63. The van der Waals surface area contributed by atoms with Crippen LogP contribution < -0.4 is 4.90 Å². The van der Waals surface area contributed by atoms with Crippen molar-refractivity contribution in [2.45, 2.75) is 0 Å². The SMILES string of the molecule is COCCN(CC(=O)O)c1ncnc2ccsc12. The lowest BCUT2D eigenvalue weighted by atomic mass is 10.4. The molecule has 0 saturated heterocycles. The molecule has 0 saturated carbocycles. The minimum atomic E-state index is -0.894. The number of anilines is 1. The number of carboxylic acid groups (broad SMARTS) is 1. The van der Waals surface area contributed by atoms with E-state index in [-0.39, 0.29) is 6.54 Å². The molecule has 6 nitrogen and oxygen atoms in total. The van der Waals surface area contributed by atoms with Crippen LogP contribution in [0.25, 0.3) is 10.2 Å². The predicted octanol–water partition coefficient (Wildman–Crippen LogP) is 1.23. The summed E-state index contributed by atoms with van der Waals surface area (Å²) >= 11 is 1.50. The molecular formula is C11H13N3O3S. The lowest BCUT2D eigenvalue weighted by Gasteiger charge is -2.21. The predicted molar refractivity (Wildman–Crippen MR) is 69.1 cm³/mol. The zero-order chi connectivity index (χ0) is 13.0. The van der Waals surface area contributed by atoms with Crippen molar-refractivity contribution in [1.29, 1.82) is 0 Å². The van der Waals surface area contributed by atoms with Crippen molar-refractivity contribution in [3.8, 4) is 0 Å². The third kappa shape index (κ3) is 2.74. The molecule has 0 fully saturated rings. The summed E-state index contributed by atoms with van der Waals surface area (Å²) in [6.07, 6.45) is 1.45. The Morgan fingerprint density at radius 3 is 3.11 bits per heavy atom. The Morgan fingerprint density at radius 2 is 2.39 bits per heavy atom. The molecule has 0 spiro atoms. The van der Waals surface area contributed by atoms with E-state index in [1.165, 1.54) is 17.7 Å². The van der Waals surface area contributed by atoms with Gasteiger partial charge in [-0.1, -0.05) is 0 Å². The van der Waals surface area contributed by atoms with E-state index < -0.39 is 5.97 Å². The molecule has 1 N–H and O–H groups in total. The van der Waals surface area contributed by atoms with Crippen LogP contribution in [0.1, 0.15) is 0 Å². The number of fused-ring (bicyclic) bond motifs is 1. The van der Waals surface area contributed by atoms with Crippen LogP contribution in [0, 0.1) is 0 Å². The Bertz CT molecular complexity index is 543. The van der Waals surface area contributed by atoms with Gasteiger partial charge in [-0.15, -0.1) is 11.3 Å². The normalized spacial score (nSPS) is 10.7. The Hall–Kier alpha value is -1.73. The van der Waals surface area contributed by atoms with Gasteiger partial charge in [0, 0.05) is 13.7 Å². The van der Waals surface area contributed by atoms with E-state index in [1.807, 2.05) is 11.4 Å². The molecule has 96 valence electrons. The maximum Gasteiger partial charge on any atom is 0.323 e. The molecule has 0 atom stereocenters. The standard InChI is InChI=1S/C11H13N3O3S/c1-17-4-3-14(6-9(15)16)11-10-8(2-5-18-10)12-7-13-11/h2,5,7H,3-4,6H2,1H3,(H,15,16). The van der Waals surface area contributed by atoms with Gasteiger partial charge in [0.05, 0.1) is 16.8 Å². The molecule has 0 aliphatic carbocycles. The highest BCUT2D eigenvalue weighted by Gasteiger charge is 2.15. The van der Waals surface area contributed by atoms with Crippen molar-refractivity contribution in [2.24, 2.45) is 0 Å². The quantitative estimate of drug-likeness (QED) is 0.848. The minimum absolute atomic E-state index is 0.104. The Balaban J connectivity index is 2.33. The van der Waals surface area contributed by atoms with Gasteiger partial charge in [0.1, 0.15) is 12.9 Å². The average molecular weight is 267 g/mol. The summed E-state index contributed by atoms with van der Waals surface area (Å²) in [5.41, 5.74) is 0.831. The van der Waals surface area contributed by atoms with Gasteiger partial charge < -0.3 is 14.7 Å². The molecule has 0 radical (unpaired) electrons. The number of ether oxygens (including phenoxy) is 1. The largest absolute Gasteiger partial charge is 0.480 e. The highest BCUT2D eigenvalue weighted by molar-refractivity contribution is 7.17. The van der Waals surface area contributed by atoms with E-state index >= 15 is 0 Å². The molecule has 2 aromatic heterocycles. The number of thiophene rings is 1. The first-order valence-electron chi connectivity index (χ1n) is 5.36. The van der Waals surface area contributed by atoms with E-state index in [1.54, 1.807) is 12.0 Å². The smallest absolute Gasteiger partial charge is 0.323 e. The van der Waals surface area contributed by atoms with E-state index in [2.05, 4.69) is 9.97 Å². The molecule has 7 heteroatoms. The number of methoxy groups -OCH3 is 1. The fraction of sp³-hybridized carbons (Fsp3) is 0.364. The Kier molecular flexibility index (Phi) is 4.06. The lowest BCUT2D eigenvalue weighted by molar-refractivity contribution is -0.135. The molecule has 2 aromatic rings. The van der Waals surface area contributed by atoms with E-state index in [4.69, 9.17) is 9.84 Å². The molecule has 0 unspecified atom stereocenters. The zero-order valence-corrected chi connectivity index (χ0v) is 10.7. The van der Waals surface area contributed by atoms with Crippen LogP contribution in [0.4, 0.5) is 5.82 Å². The van der Waals surface area contributed by atoms with Crippen LogP contribution >= 0.6 is 11.3 Å². The summed E-state index contributed by atoms with van der Waals surface area (Å²) in [5, 5.41) is 10.9. The number of nitrogens with zero attached hydrogens (tertiary/aromatic N) is 3. The van der Waals surface area contributed by atoms with Crippen LogP contribution in [0.15, 0.2) is 17.8 Å². The molecule has 18 heavy (non-hydrogen) atoms. The molecule has 2 rings (SSSR count). The van der Waals surface area contributed by atoms with Gasteiger partial charge in [0.25, 0.3) is 0 Å². The first kappa shape index (κ1) is 12.7. The number of hydrogen-bond donors (Lipinski definition) is 1. The number of carbonyl (C=O) groups is 1. The summed E-state index contributed by atoms with van der Waals surface area (Å²) in [6.45, 7) is 0.824. The van der Waals surface area contributed by atoms with Crippen molar-refractivity contribution < 1.29 is 14.6 Å². The lowest BCUT2D eigenvalue weighted by Crippen LogP contribution is -2.33. The highest BCUT2D eigenvalue weighted by Crippen LogP contribution is 2.27. The summed E-state index contributed by atoms with van der Waals surface area (Å²) in [6, 6.07) is 1.89. The molecule has 0 amide bonds. The summed E-state index contributed by atoms with van der Waals surface area (Å²) in [7, 11) is 1.58. The number of aromatic nitrogens is 2. The first-order chi connectivity index (χ1) is 8.72. The van der Waals surface area contributed by atoms with Crippen LogP contribution in [-0.2, 0) is 9.53 Å². The van der Waals surface area contributed by atoms with Gasteiger partial charge in [-0.2, -0.15) is 0 Å². The van der Waals surface area contributed by atoms with Gasteiger partial charge in [-0.05, 0) is 11.4 Å². The van der Waals surface area contributed by atoms with E-state index in [0.717, 1.165) is 10.2 Å². The Morgan fingerprint density at radius 1 is 1.56 bits per heavy atom. The van der Waals surface area contributed by atoms with Crippen molar-refractivity contribution in [3.63, 3.8) is 0 Å². The van der Waals surface area contributed by atoms with Crippen LogP contribution in [0.2, 0.25) is 0 Å². The van der Waals surface area contributed by atoms with Crippen molar-refractivity contribution in [1.82, 2.24) is 9.97 Å². The monoisotopic (exact) mass is 267 g/mol. The van der Waals surface area contributed by atoms with Gasteiger partial charge in [-0.3, -0.25) is 4.79 Å². The Labute approximate surface area is 108 Å². The minimum Gasteiger partial charge on any atom is -0.480 e. The van der Waals surface area contributed by atoms with Gasteiger partial charge in [0.15, 0.2) is 5.82 Å². The maximum absolute atomic E-state index is 10.9. The average Bonchev–Trinajstić information content (AvgIpc) is 2.82. The summed E-state index contributed by atoms with van der Waals surface area (Å²) in [5.74, 6) is -0.246. The van der Waals surface area contributed by atoms with Crippen molar-refractivity contribution in [2.75, 3.05) is 31.7 Å². The third-order valence-electron chi connectivity index (χ3n) is 2.42. The summed E-state index contributed by atoms with van der Waals surface area (Å²) in [4.78, 5) is 20.9. The van der Waals surface area contributed by atoms with Crippen LogP contribution in [0.5, 0.6) is 0 Å². The van der Waals surface area contributed by atoms with Crippen molar-refractivity contribution in [3.05, 3.63) is 17.8 Å². The maximum atomic E-state index is 10.9. The van der Waals surface area contributed by atoms with Gasteiger partial charge in [0.2, 0.25) is 0 Å². The van der Waals surface area contributed by atoms with E-state index in [9.17, 15) is 4.79 Å². The third-order valence-corrected chi connectivity index (χ3v) is 3.31. The fourth-order valence-corrected chi connectivity index (χ4v) is 2.49. The number of aliphatic carboxylic acids is 1. The van der Waals surface area contributed by atoms with Gasteiger partial charge >= 0.3 is 5.97 Å². The zero-order valence-electron chi connectivity index (χ0n) is 9.87. The van der Waals surface area contributed by atoms with Crippen molar-refractivity contribution >= 4 is 33.3 Å². The highest BCUT2D eigenvalue weighted by atomic mass is 32.1. The van der Waals surface area contributed by atoms with Crippen LogP contribution in [0.3, 0.4) is 0 Å². The molecule has 0 aliphatic heterocycles. The molecule has 0 aliphatic rings. The molecule has 2 heterocycles. The summed E-state index contributed by atoms with van der Waals surface area (Å²) < 4.78 is 5.89. The number of hydrogen-bond acceptors (Lipinski definition) is 6. The number of carboxylic acids is 1. The molecular weight excluding hydrogens is 254 g/mol. The first-order valence-corrected chi connectivity index (χ1v) is 6.24. The van der Waals surface area contributed by atoms with Gasteiger partial charge in [-0.25, -0.2) is 9.97 Å². The van der Waals surface area contributed by atoms with Crippen LogP contribution in [-0.4, -0.2) is 47.8 Å². The second kappa shape index (κ2) is 5.74. The topological polar surface area (TPSA) is 75.5 Å². The number of rotatable bonds is 6. The molecule has 0 aromatic carbocycles. The van der Waals surface area contributed by atoms with E-state index in [0.29, 0.717) is 19.0 Å².